The molecule has 4 fully saturated rings. The van der Waals surface area contributed by atoms with E-state index < -0.39 is 74.3 Å². The number of aliphatic hydroxyl groups excluding tert-OH is 1. The number of nitrogens with two attached hydrogens (primary N) is 3. The van der Waals surface area contributed by atoms with E-state index in [-0.39, 0.29) is 164 Å². The van der Waals surface area contributed by atoms with E-state index in [1.54, 1.807) is 76.4 Å². The van der Waals surface area contributed by atoms with E-state index in [0.717, 1.165) is 57.8 Å². The number of hydrogen-bond donors (Lipinski definition) is 13. The Hall–Kier alpha value is -14.9. The van der Waals surface area contributed by atoms with Gasteiger partial charge < -0.3 is 73.1 Å². The molecule has 3 aromatic heterocycles. The maximum atomic E-state index is 15.5. The normalized spacial score (nSPS) is 22.8. The highest BCUT2D eigenvalue weighted by Crippen LogP contribution is 2.68. The molecule has 7 aliphatic rings. The molecule has 6 aliphatic heterocycles. The number of benzene rings is 4. The van der Waals surface area contributed by atoms with Crippen LogP contribution in [0.4, 0.5) is 23.0 Å². The number of H-pyrrole nitrogens is 2. The summed E-state index contributed by atoms with van der Waals surface area (Å²) >= 11 is 1.34. The predicted molar refractivity (Wildman–Crippen MR) is 524 cm³/mol. The molecule has 1 aliphatic carbocycles. The molecule has 1 spiro atoms. The van der Waals surface area contributed by atoms with Crippen LogP contribution in [-0.2, 0) is 120 Å². The van der Waals surface area contributed by atoms with Gasteiger partial charge in [0.2, 0.25) is 29.6 Å². The summed E-state index contributed by atoms with van der Waals surface area (Å²) in [7, 11) is 3.49. The highest BCUT2D eigenvalue weighted by molar-refractivity contribution is 8.00. The van der Waals surface area contributed by atoms with Crippen molar-refractivity contribution in [1.82, 2.24) is 56.1 Å². The van der Waals surface area contributed by atoms with Crippen molar-refractivity contribution in [2.24, 2.45) is 44.7 Å². The smallest absolute Gasteiger partial charge is 0.373 e. The van der Waals surface area contributed by atoms with Gasteiger partial charge in [-0.3, -0.25) is 72.5 Å². The Kier molecular flexibility index (Phi) is 42.7. The van der Waals surface area contributed by atoms with Crippen molar-refractivity contribution >= 4 is 159 Å². The first-order valence-corrected chi connectivity index (χ1v) is 48.4. The number of aliphatic hydroxyl groups is 3. The minimum atomic E-state index is -2.47. The Bertz CT molecular complexity index is 6130. The highest BCUT2D eigenvalue weighted by Gasteiger charge is 2.79. The summed E-state index contributed by atoms with van der Waals surface area (Å²) in [6.45, 7) is 18.8. The number of hydrazone groups is 1. The highest BCUT2D eigenvalue weighted by atomic mass is 32.2. The SMILES string of the molecule is CC(=O)[C@H](CCCN=C(N)N)NC(=O)[C@H](C)CC(=O)CCCNC(=O)c1ccc(NCc2cnc3nc(N)[nH]c(=O)c3n2)cc1.CC[C@@H](C)C(=O)N[C@@H](C)C(=O)CCCSC1CC(=O)N(c2ccc(/C(C)=N\NC(=O)[C@@]3(O)[C@H](O)[C@]4(CC)C=CCN5CC[C@@]6(c7cc([C@@]8(COC=O)C[C@@H]9CN(CCc%10c8[nH]c8ccccc%108)C[C@](O)(CC)C9)c(OC)cc7N(C)[C@@H]36)[C@@H]54)cc2)C1=O.O=C=O.O=C=O.O=C=O.O=C=O.O=C=O. The van der Waals surface area contributed by atoms with E-state index in [0.29, 0.717) is 143 Å². The van der Waals surface area contributed by atoms with Crippen LogP contribution in [-0.4, -0.2) is 271 Å². The van der Waals surface area contributed by atoms with Crippen LogP contribution < -0.4 is 64.0 Å². The van der Waals surface area contributed by atoms with Gasteiger partial charge in [0.1, 0.15) is 24.2 Å². The van der Waals surface area contributed by atoms with Gasteiger partial charge in [-0.2, -0.15) is 58.0 Å². The lowest BCUT2D eigenvalue weighted by molar-refractivity contribution is -0.203. The number of imide groups is 1. The molecule has 15 atom stereocenters. The van der Waals surface area contributed by atoms with Crippen molar-refractivity contribution in [2.45, 2.75) is 216 Å². The molecule has 4 aromatic carbocycles. The van der Waals surface area contributed by atoms with Crippen LogP contribution in [0.15, 0.2) is 118 Å². The number of nitrogen functional groups attached to an aromatic ring is 1. The molecule has 3 saturated heterocycles. The van der Waals surface area contributed by atoms with E-state index in [4.69, 9.17) is 74.6 Å². The molecule has 6 amide bonds. The number of rotatable bonds is 37. The number of fused-ring (bicyclic) bond motifs is 7. The number of guanidine groups is 1. The summed E-state index contributed by atoms with van der Waals surface area (Å²) in [5, 5.41) is 55.5. The van der Waals surface area contributed by atoms with Gasteiger partial charge in [-0.1, -0.05) is 77.1 Å². The van der Waals surface area contributed by atoms with Gasteiger partial charge in [0, 0.05) is 146 Å². The van der Waals surface area contributed by atoms with Gasteiger partial charge >= 0.3 is 30.8 Å². The van der Waals surface area contributed by atoms with Gasteiger partial charge in [-0.25, -0.2) is 20.3 Å². The molecule has 1 saturated carbocycles. The third kappa shape index (κ3) is 27.0. The molecule has 46 heteroatoms. The third-order valence-electron chi connectivity index (χ3n) is 27.7. The second-order valence-electron chi connectivity index (χ2n) is 36.6. The number of nitrogens with one attached hydrogen (secondary N) is 7. The van der Waals surface area contributed by atoms with Crippen LogP contribution in [0, 0.1) is 23.2 Å². The number of Topliss-reactive ketones (excluding diaryl/α,β-unsaturated/α-hetero) is 3. The molecule has 2 unspecified atom stereocenters. The van der Waals surface area contributed by atoms with Crippen LogP contribution >= 0.6 is 11.8 Å². The summed E-state index contributed by atoms with van der Waals surface area (Å²) in [5.74, 6) is -2.68. The minimum absolute atomic E-state index is 0.0143. The first-order valence-electron chi connectivity index (χ1n) is 47.3. The number of methoxy groups -OCH3 is 1. The number of carbonyl (C=O) groups is 10. The zero-order valence-electron chi connectivity index (χ0n) is 82.7. The predicted octanol–water partition coefficient (Wildman–Crippen LogP) is 3.28. The molecular weight excluding hydrogens is 1920 g/mol. The van der Waals surface area contributed by atoms with Gasteiger partial charge in [-0.15, -0.1) is 11.8 Å². The molecule has 146 heavy (non-hydrogen) atoms. The number of ether oxygens (including phenoxy) is 2. The molecule has 45 nitrogen and oxygen atoms in total. The standard InChI is InChI=1S/C66H84N8O11S.C29H39N11O5.5CO2/c1-9-39(4)56(78)67-41(6)51(76)18-14-29-86-53-32-54(77)74(57(53)79)44-21-19-43(20-22-44)40(5)69-70-61(81)66(83)59-65(25-28-73-26-15-24-63(11-3,58(65)73)60(66)80)47-30-48(52(84-8)31-50(47)71(59)7)64(37-85-38-75)34-42-33-62(82,10-2)36-72(35-42)27-23-46-45-16-12-13-17-49(45)68-55(46)64;1-16(25(43)38-22(17(2)41)6-4-12-34-28(30)31)13-21(42)5-3-11-33-26(44)18-7-9-19(10-8-18)35-14-20-15-36-24-23(37-20)27(45)40-29(32)39-24;5*2-1-3/h12-13,15-17,19-22,24,30-31,38-39,41-42,53,58-60,68,80,82-83H,9-11,14,18,23,25-29,32-37H2,1-8H3,(H,67,78)(H,70,81);7-10,15-16,22,35H,3-6,11-14H2,1-2H3,(H,33,44)(H,38,43)(H4,30,31,34)(H3,32,36,39,40,45);;;;;/b69-40-;;;;;;/t39-,41+,42-,53?,58+,59-,60-,62+,63-,64+,65-,66+;16-,22+;;;;;/m11...../s1. The summed E-state index contributed by atoms with van der Waals surface area (Å²) < 4.78 is 12.6. The Morgan fingerprint density at radius 2 is 1.45 bits per heavy atom. The Morgan fingerprint density at radius 1 is 0.781 bits per heavy atom. The number of ketones is 3. The average Bonchev–Trinajstić information content (AvgIpc) is 1.47. The first kappa shape index (κ1) is 116. The fraction of sp³-hybridized carbons (Fsp3) is 0.490. The molecule has 2 bridgehead atoms. The van der Waals surface area contributed by atoms with Gasteiger partial charge in [0.15, 0.2) is 34.3 Å². The number of amides is 6. The van der Waals surface area contributed by atoms with Crippen molar-refractivity contribution in [3.05, 3.63) is 153 Å². The summed E-state index contributed by atoms with van der Waals surface area (Å²) in [6, 6.07) is 23.2. The zero-order valence-corrected chi connectivity index (χ0v) is 83.5. The number of anilines is 4. The van der Waals surface area contributed by atoms with Crippen LogP contribution in [0.25, 0.3) is 22.1 Å². The maximum absolute atomic E-state index is 15.5. The largest absolute Gasteiger partial charge is 0.496 e. The quantitative estimate of drug-likeness (QED) is 0.00505. The van der Waals surface area contributed by atoms with Crippen molar-refractivity contribution in [1.29, 1.82) is 0 Å². The summed E-state index contributed by atoms with van der Waals surface area (Å²) in [4.78, 5) is 253. The van der Waals surface area contributed by atoms with Crippen LogP contribution in [0.3, 0.4) is 0 Å². The lowest BCUT2D eigenvalue weighted by Gasteiger charge is -2.63. The molecule has 9 heterocycles. The number of thioether (sulfide) groups is 1. The van der Waals surface area contributed by atoms with Crippen LogP contribution in [0.5, 0.6) is 5.75 Å². The van der Waals surface area contributed by atoms with E-state index in [1.807, 2.05) is 70.0 Å². The maximum Gasteiger partial charge on any atom is 0.373 e. The number of hydrogen-bond acceptors (Lipinski definition) is 37. The number of piperidine rings is 1. The van der Waals surface area contributed by atoms with Crippen LogP contribution in [0.1, 0.15) is 189 Å². The second-order valence-corrected chi connectivity index (χ2v) is 37.9. The molecule has 14 rings (SSSR count). The van der Waals surface area contributed by atoms with Crippen LogP contribution in [0.2, 0.25) is 0 Å². The van der Waals surface area contributed by atoms with E-state index in [9.17, 15) is 63.3 Å². The molecule has 7 aromatic rings. The number of para-hydroxylation sites is 1. The molecule has 780 valence electrons. The lowest BCUT2D eigenvalue weighted by Crippen LogP contribution is -2.81. The Labute approximate surface area is 843 Å². The number of nitrogens with zero attached hydrogens (tertiary/aromatic N) is 9. The molecular formula is C100H123N19O26S. The minimum Gasteiger partial charge on any atom is -0.496 e. The summed E-state index contributed by atoms with van der Waals surface area (Å²) in [5.41, 5.74) is 20.4. The van der Waals surface area contributed by atoms with Gasteiger partial charge in [0.05, 0.1) is 71.3 Å². The number of aromatic amines is 2. The van der Waals surface area contributed by atoms with Crippen molar-refractivity contribution < 1.29 is 121 Å². The monoisotopic (exact) mass is 2040 g/mol. The fourth-order valence-corrected chi connectivity index (χ4v) is 22.0. The fourth-order valence-electron chi connectivity index (χ4n) is 20.9. The molecule has 16 N–H and O–H groups in total. The summed E-state index contributed by atoms with van der Waals surface area (Å²) in [6.07, 6.45) is 11.4. The Balaban J connectivity index is 0.000000363. The number of carbonyl (C=O) groups excluding carboxylic acids is 20. The van der Waals surface area contributed by atoms with Crippen molar-refractivity contribution in [2.75, 3.05) is 93.2 Å². The average molecular weight is 2040 g/mol. The second kappa shape index (κ2) is 53.6. The first-order chi connectivity index (χ1) is 69.7. The Morgan fingerprint density at radius 3 is 2.08 bits per heavy atom. The van der Waals surface area contributed by atoms with E-state index in [1.165, 1.54) is 29.8 Å². The van der Waals surface area contributed by atoms with Crippen molar-refractivity contribution in [3.63, 3.8) is 0 Å². The third-order valence-corrected chi connectivity index (χ3v) is 29.0. The lowest BCUT2D eigenvalue weighted by atomic mass is 9.47. The van der Waals surface area contributed by atoms with Gasteiger partial charge in [-0.05, 0) is 175 Å². The topological polar surface area (TPSA) is 684 Å². The zero-order chi connectivity index (χ0) is 108. The number of aliphatic imine (C=N–C) groups is 1. The molecule has 0 radical (unpaired) electrons. The number of aromatic nitrogens is 5. The van der Waals surface area contributed by atoms with Gasteiger partial charge in [0.25, 0.3) is 23.8 Å². The van der Waals surface area contributed by atoms with Crippen molar-refractivity contribution in [3.8, 4) is 5.75 Å². The number of likely N-dealkylation sites (N-methyl/N-ethyl adjacent to an activating group) is 1. The van der Waals surface area contributed by atoms with E-state index >= 15 is 4.79 Å². The van der Waals surface area contributed by atoms with E-state index in [2.05, 4.69) is 89.7 Å².